The Morgan fingerprint density at radius 3 is 2.40 bits per heavy atom. The van der Waals surface area contributed by atoms with Crippen molar-refractivity contribution in [3.05, 3.63) is 24.5 Å². The molecule has 1 aromatic rings. The maximum atomic E-state index is 13.1. The van der Waals surface area contributed by atoms with E-state index in [1.54, 1.807) is 0 Å². The highest BCUT2D eigenvalue weighted by Crippen LogP contribution is 2.33. The van der Waals surface area contributed by atoms with Gasteiger partial charge in [-0.15, -0.1) is 0 Å². The summed E-state index contributed by atoms with van der Waals surface area (Å²) < 4.78 is 5.26. The van der Waals surface area contributed by atoms with Crippen molar-refractivity contribution < 1.29 is 14.3 Å². The van der Waals surface area contributed by atoms with Crippen LogP contribution in [0.25, 0.3) is 0 Å². The minimum Gasteiger partial charge on any atom is -0.372 e. The summed E-state index contributed by atoms with van der Waals surface area (Å²) in [5.74, 6) is 1.75. The molecular weight excluding hydrogens is 380 g/mol. The Morgan fingerprint density at radius 2 is 1.67 bits per heavy atom. The van der Waals surface area contributed by atoms with E-state index in [1.807, 2.05) is 36.4 Å². The van der Waals surface area contributed by atoms with E-state index in [-0.39, 0.29) is 18.4 Å². The van der Waals surface area contributed by atoms with Crippen LogP contribution in [0.5, 0.6) is 0 Å². The van der Waals surface area contributed by atoms with Gasteiger partial charge in [0.2, 0.25) is 11.8 Å². The molecular formula is C23H34N4O3. The van der Waals surface area contributed by atoms with Crippen molar-refractivity contribution in [3.8, 4) is 0 Å². The van der Waals surface area contributed by atoms with Gasteiger partial charge in [0.15, 0.2) is 0 Å². The van der Waals surface area contributed by atoms with Gasteiger partial charge in [0.05, 0.1) is 5.92 Å². The largest absolute Gasteiger partial charge is 0.372 e. The Hall–Kier alpha value is -2.15. The molecule has 0 N–H and O–H groups in total. The molecule has 3 fully saturated rings. The Labute approximate surface area is 179 Å². The Morgan fingerprint density at radius 1 is 0.967 bits per heavy atom. The van der Waals surface area contributed by atoms with Crippen molar-refractivity contribution in [1.82, 2.24) is 14.8 Å². The fourth-order valence-corrected chi connectivity index (χ4v) is 5.28. The fraction of sp³-hybridized carbons (Fsp3) is 0.696. The average molecular weight is 415 g/mol. The summed E-state index contributed by atoms with van der Waals surface area (Å²) in [5, 5.41) is 0. The zero-order valence-corrected chi connectivity index (χ0v) is 18.0. The summed E-state index contributed by atoms with van der Waals surface area (Å²) in [6.45, 7) is 7.86. The van der Waals surface area contributed by atoms with E-state index < -0.39 is 0 Å². The van der Waals surface area contributed by atoms with E-state index in [1.165, 1.54) is 0 Å². The van der Waals surface area contributed by atoms with Gasteiger partial charge in [-0.25, -0.2) is 0 Å². The molecule has 0 radical (unpaired) electrons. The molecule has 1 aromatic heterocycles. The average Bonchev–Trinajstić information content (AvgIpc) is 3.48. The van der Waals surface area contributed by atoms with Crippen LogP contribution in [-0.4, -0.2) is 79.1 Å². The lowest BCUT2D eigenvalue weighted by Crippen LogP contribution is -2.42. The molecule has 30 heavy (non-hydrogen) atoms. The van der Waals surface area contributed by atoms with Crippen LogP contribution in [0.1, 0.15) is 32.6 Å². The fourth-order valence-electron chi connectivity index (χ4n) is 5.28. The quantitative estimate of drug-likeness (QED) is 0.713. The van der Waals surface area contributed by atoms with Crippen molar-refractivity contribution in [2.24, 2.45) is 17.8 Å². The maximum Gasteiger partial charge on any atom is 0.248 e. The number of amides is 2. The summed E-state index contributed by atoms with van der Waals surface area (Å²) in [6.07, 6.45) is 7.75. The van der Waals surface area contributed by atoms with Crippen LogP contribution < -0.4 is 4.90 Å². The highest BCUT2D eigenvalue weighted by Gasteiger charge is 2.38. The maximum absolute atomic E-state index is 13.1. The van der Waals surface area contributed by atoms with Gasteiger partial charge in [0.1, 0.15) is 6.61 Å². The van der Waals surface area contributed by atoms with Gasteiger partial charge >= 0.3 is 0 Å². The minimum absolute atomic E-state index is 0.106. The number of aromatic nitrogens is 1. The number of anilines is 1. The SMILES string of the molecule is CCOCC(=O)N1CCC(C2CCN(C(=O)C3CCN(c4ccncc4)C3)C2)CC1. The second-order valence-corrected chi connectivity index (χ2v) is 8.83. The first-order chi connectivity index (χ1) is 14.7. The first-order valence-corrected chi connectivity index (χ1v) is 11.4. The molecule has 0 saturated carbocycles. The van der Waals surface area contributed by atoms with Gasteiger partial charge < -0.3 is 19.4 Å². The highest BCUT2D eigenvalue weighted by atomic mass is 16.5. The van der Waals surface area contributed by atoms with E-state index in [4.69, 9.17) is 4.74 Å². The molecule has 0 aliphatic carbocycles. The summed E-state index contributed by atoms with van der Waals surface area (Å²) in [7, 11) is 0. The topological polar surface area (TPSA) is 66.0 Å². The molecule has 2 atom stereocenters. The van der Waals surface area contributed by atoms with Crippen molar-refractivity contribution in [3.63, 3.8) is 0 Å². The first kappa shape index (κ1) is 21.1. The molecule has 0 bridgehead atoms. The van der Waals surface area contributed by atoms with Crippen molar-refractivity contribution >= 4 is 17.5 Å². The molecule has 7 nitrogen and oxygen atoms in total. The van der Waals surface area contributed by atoms with E-state index >= 15 is 0 Å². The second kappa shape index (κ2) is 9.77. The van der Waals surface area contributed by atoms with E-state index in [9.17, 15) is 9.59 Å². The molecule has 2 amide bonds. The van der Waals surface area contributed by atoms with Gasteiger partial charge in [0, 0.05) is 64.0 Å². The standard InChI is InChI=1S/C23H34N4O3/c1-2-30-17-22(28)25-11-5-18(6-12-25)19-7-14-27(15-19)23(29)20-8-13-26(16-20)21-3-9-24-10-4-21/h3-4,9-10,18-20H,2,5-8,11-17H2,1H3. The molecule has 4 heterocycles. The molecule has 3 aliphatic rings. The van der Waals surface area contributed by atoms with Crippen LogP contribution >= 0.6 is 0 Å². The van der Waals surface area contributed by atoms with Crippen molar-refractivity contribution in [2.45, 2.75) is 32.6 Å². The van der Waals surface area contributed by atoms with Crippen molar-refractivity contribution in [2.75, 3.05) is 57.4 Å². The molecule has 2 unspecified atom stereocenters. The number of hydrogen-bond donors (Lipinski definition) is 0. The number of carbonyl (C=O) groups excluding carboxylic acids is 2. The Balaban J connectivity index is 1.23. The van der Waals surface area contributed by atoms with Crippen LogP contribution in [0.15, 0.2) is 24.5 Å². The number of hydrogen-bond acceptors (Lipinski definition) is 5. The Kier molecular flexibility index (Phi) is 6.87. The normalized spacial score (nSPS) is 25.2. The monoisotopic (exact) mass is 414 g/mol. The number of ether oxygens (including phenoxy) is 1. The number of rotatable bonds is 6. The molecule has 0 spiro atoms. The number of pyridine rings is 1. The summed E-state index contributed by atoms with van der Waals surface area (Å²) >= 11 is 0. The smallest absolute Gasteiger partial charge is 0.248 e. The highest BCUT2D eigenvalue weighted by molar-refractivity contribution is 5.80. The van der Waals surface area contributed by atoms with E-state index in [0.29, 0.717) is 24.3 Å². The first-order valence-electron chi connectivity index (χ1n) is 11.4. The second-order valence-electron chi connectivity index (χ2n) is 8.83. The lowest BCUT2D eigenvalue weighted by molar-refractivity contribution is -0.137. The molecule has 7 heteroatoms. The predicted molar refractivity (Wildman–Crippen MR) is 115 cm³/mol. The third kappa shape index (κ3) is 4.77. The van der Waals surface area contributed by atoms with Gasteiger partial charge in [-0.1, -0.05) is 0 Å². The summed E-state index contributed by atoms with van der Waals surface area (Å²) in [4.78, 5) is 35.7. The van der Waals surface area contributed by atoms with Gasteiger partial charge in [-0.2, -0.15) is 0 Å². The molecule has 4 rings (SSSR count). The molecule has 164 valence electrons. The molecule has 3 aliphatic heterocycles. The van der Waals surface area contributed by atoms with Gasteiger partial charge in [-0.05, 0) is 56.6 Å². The summed E-state index contributed by atoms with van der Waals surface area (Å²) in [6, 6.07) is 4.04. The minimum atomic E-state index is 0.106. The number of carbonyl (C=O) groups is 2. The third-order valence-corrected chi connectivity index (χ3v) is 7.09. The number of nitrogens with zero attached hydrogens (tertiary/aromatic N) is 4. The zero-order chi connectivity index (χ0) is 20.9. The zero-order valence-electron chi connectivity index (χ0n) is 18.0. The van der Waals surface area contributed by atoms with E-state index in [2.05, 4.69) is 14.8 Å². The molecule has 3 saturated heterocycles. The van der Waals surface area contributed by atoms with Crippen LogP contribution in [0.3, 0.4) is 0 Å². The van der Waals surface area contributed by atoms with Gasteiger partial charge in [0.25, 0.3) is 0 Å². The van der Waals surface area contributed by atoms with E-state index in [0.717, 1.165) is 70.6 Å². The predicted octanol–water partition coefficient (Wildman–Crippen LogP) is 2.03. The molecule has 0 aromatic carbocycles. The number of likely N-dealkylation sites (tertiary alicyclic amines) is 2. The van der Waals surface area contributed by atoms with Crippen LogP contribution in [0, 0.1) is 17.8 Å². The van der Waals surface area contributed by atoms with Gasteiger partial charge in [-0.3, -0.25) is 14.6 Å². The van der Waals surface area contributed by atoms with Crippen molar-refractivity contribution in [1.29, 1.82) is 0 Å². The lowest BCUT2D eigenvalue weighted by Gasteiger charge is -2.35. The Bertz CT molecular complexity index is 720. The van der Waals surface area contributed by atoms with Crippen LogP contribution in [0.2, 0.25) is 0 Å². The lowest BCUT2D eigenvalue weighted by atomic mass is 9.83. The third-order valence-electron chi connectivity index (χ3n) is 7.09. The van der Waals surface area contributed by atoms with Crippen LogP contribution in [0.4, 0.5) is 5.69 Å². The van der Waals surface area contributed by atoms with Crippen LogP contribution in [-0.2, 0) is 14.3 Å². The summed E-state index contributed by atoms with van der Waals surface area (Å²) in [5.41, 5.74) is 1.16. The number of piperidine rings is 1.